The van der Waals surface area contributed by atoms with E-state index in [2.05, 4.69) is 4.72 Å². The number of nitrogens with one attached hydrogen (secondary N) is 1. The van der Waals surface area contributed by atoms with Crippen LogP contribution in [0.1, 0.15) is 33.3 Å². The Hall–Kier alpha value is -1.64. The molecule has 194 valence electrons. The Morgan fingerprint density at radius 1 is 1.15 bits per heavy atom. The van der Waals surface area contributed by atoms with E-state index in [0.29, 0.717) is 11.3 Å². The summed E-state index contributed by atoms with van der Waals surface area (Å²) in [6.45, 7) is 6.74. The second-order valence-electron chi connectivity index (χ2n) is 8.93. The molecule has 1 saturated heterocycles. The van der Waals surface area contributed by atoms with Gasteiger partial charge in [-0.15, -0.1) is 0 Å². The molecule has 6 atom stereocenters. The van der Waals surface area contributed by atoms with Crippen LogP contribution < -0.4 is 9.46 Å². The Bertz CT molecular complexity index is 899. The molecule has 1 unspecified atom stereocenters. The molecule has 2 rings (SSSR count). The zero-order valence-corrected chi connectivity index (χ0v) is 21.1. The number of Topliss-reactive ketones (excluding diaryl/α,β-unsaturated/α-hetero) is 1. The van der Waals surface area contributed by atoms with Crippen molar-refractivity contribution in [3.63, 3.8) is 0 Å². The smallest absolute Gasteiger partial charge is 0.333 e. The molecule has 11 nitrogen and oxygen atoms in total. The van der Waals surface area contributed by atoms with Crippen LogP contribution in [-0.2, 0) is 40.7 Å². The highest BCUT2D eigenvalue weighted by atomic mass is 32.2. The summed E-state index contributed by atoms with van der Waals surface area (Å²) in [5.41, 5.74) is -0.210. The van der Waals surface area contributed by atoms with E-state index >= 15 is 0 Å². The molecule has 1 heterocycles. The van der Waals surface area contributed by atoms with Gasteiger partial charge in [0, 0.05) is 19.1 Å². The first kappa shape index (κ1) is 28.6. The molecule has 3 N–H and O–H groups in total. The highest BCUT2D eigenvalue weighted by molar-refractivity contribution is 7.83. The van der Waals surface area contributed by atoms with Gasteiger partial charge in [0.05, 0.1) is 19.8 Å². The molecular formula is C22H35NO10S. The van der Waals surface area contributed by atoms with Crippen molar-refractivity contribution in [2.45, 2.75) is 71.0 Å². The van der Waals surface area contributed by atoms with E-state index in [4.69, 9.17) is 23.7 Å². The Balaban J connectivity index is 2.46. The molecule has 1 aliphatic rings. The minimum absolute atomic E-state index is 0.0227. The van der Waals surface area contributed by atoms with Gasteiger partial charge in [-0.05, 0) is 24.6 Å². The largest absolute Gasteiger partial charge is 0.497 e. The van der Waals surface area contributed by atoms with E-state index in [1.165, 1.54) is 14.2 Å². The van der Waals surface area contributed by atoms with Gasteiger partial charge in [-0.2, -0.15) is 13.1 Å². The van der Waals surface area contributed by atoms with Gasteiger partial charge in [0.15, 0.2) is 12.1 Å². The minimum Gasteiger partial charge on any atom is -0.497 e. The first-order chi connectivity index (χ1) is 15.8. The molecule has 0 saturated carbocycles. The topological polar surface area (TPSA) is 150 Å². The molecular weight excluding hydrogens is 470 g/mol. The van der Waals surface area contributed by atoms with E-state index in [1.54, 1.807) is 52.0 Å². The molecule has 1 aromatic carbocycles. The van der Waals surface area contributed by atoms with Gasteiger partial charge in [0.1, 0.15) is 30.2 Å². The lowest BCUT2D eigenvalue weighted by atomic mass is 9.82. The number of ketones is 1. The van der Waals surface area contributed by atoms with Gasteiger partial charge < -0.3 is 28.8 Å². The summed E-state index contributed by atoms with van der Waals surface area (Å²) in [4.78, 5) is 12.9. The van der Waals surface area contributed by atoms with E-state index in [-0.39, 0.29) is 13.2 Å². The maximum Gasteiger partial charge on any atom is 0.333 e. The van der Waals surface area contributed by atoms with Crippen LogP contribution in [0.5, 0.6) is 5.75 Å². The maximum atomic E-state index is 12.9. The summed E-state index contributed by atoms with van der Waals surface area (Å²) >= 11 is 0. The average molecular weight is 506 g/mol. The van der Waals surface area contributed by atoms with Crippen molar-refractivity contribution in [2.24, 2.45) is 5.41 Å². The van der Waals surface area contributed by atoms with Crippen LogP contribution >= 0.6 is 0 Å². The monoisotopic (exact) mass is 505 g/mol. The molecule has 1 aromatic rings. The fourth-order valence-corrected chi connectivity index (χ4v) is 4.31. The number of benzene rings is 1. The first-order valence-electron chi connectivity index (χ1n) is 10.8. The Morgan fingerprint density at radius 2 is 1.76 bits per heavy atom. The fourth-order valence-electron chi connectivity index (χ4n) is 3.70. The molecule has 0 aromatic heterocycles. The lowest BCUT2D eigenvalue weighted by Gasteiger charge is -2.47. The number of aliphatic hydroxyl groups is 1. The van der Waals surface area contributed by atoms with Gasteiger partial charge in [-0.25, -0.2) is 0 Å². The van der Waals surface area contributed by atoms with E-state index < -0.39 is 58.3 Å². The van der Waals surface area contributed by atoms with Gasteiger partial charge >= 0.3 is 10.3 Å². The van der Waals surface area contributed by atoms with Crippen molar-refractivity contribution in [1.29, 1.82) is 0 Å². The molecule has 12 heteroatoms. The SMILES string of the molecule is CCO[C@@H]1[C@@H](OC)O[C@H](C(O)C(=O)C(C)(C)C)[C@@H](OCc2ccc(OC)cc2)[C@@H]1NS(=O)(=O)O. The van der Waals surface area contributed by atoms with Crippen LogP contribution in [0, 0.1) is 5.41 Å². The molecule has 34 heavy (non-hydrogen) atoms. The number of hydrogen-bond acceptors (Lipinski definition) is 9. The van der Waals surface area contributed by atoms with E-state index in [9.17, 15) is 22.9 Å². The number of carbonyl (C=O) groups excluding carboxylic acids is 1. The normalized spacial score (nSPS) is 26.8. The predicted molar refractivity (Wildman–Crippen MR) is 122 cm³/mol. The summed E-state index contributed by atoms with van der Waals surface area (Å²) in [5, 5.41) is 11.0. The number of carbonyl (C=O) groups is 1. The number of hydrogen-bond donors (Lipinski definition) is 3. The zero-order chi connectivity index (χ0) is 25.7. The molecule has 0 spiro atoms. The first-order valence-corrected chi connectivity index (χ1v) is 12.3. The van der Waals surface area contributed by atoms with Gasteiger partial charge in [-0.1, -0.05) is 32.9 Å². The lowest BCUT2D eigenvalue weighted by Crippen LogP contribution is -2.68. The molecule has 0 bridgehead atoms. The van der Waals surface area contributed by atoms with Crippen molar-refractivity contribution >= 4 is 16.1 Å². The summed E-state index contributed by atoms with van der Waals surface area (Å²) in [5.74, 6) is 0.102. The van der Waals surface area contributed by atoms with Crippen molar-refractivity contribution in [3.8, 4) is 5.75 Å². The third-order valence-electron chi connectivity index (χ3n) is 5.39. The third-order valence-corrected chi connectivity index (χ3v) is 5.96. The van der Waals surface area contributed by atoms with Crippen molar-refractivity contribution in [3.05, 3.63) is 29.8 Å². The highest BCUT2D eigenvalue weighted by Crippen LogP contribution is 2.32. The van der Waals surface area contributed by atoms with Crippen LogP contribution in [0.25, 0.3) is 0 Å². The predicted octanol–water partition coefficient (Wildman–Crippen LogP) is 1.09. The number of rotatable bonds is 11. The van der Waals surface area contributed by atoms with Crippen molar-refractivity contribution < 1.29 is 46.6 Å². The number of aliphatic hydroxyl groups excluding tert-OH is 1. The second-order valence-corrected chi connectivity index (χ2v) is 10.1. The lowest BCUT2D eigenvalue weighted by molar-refractivity contribution is -0.294. The standard InChI is InChI=1S/C22H35NO10S/c1-7-31-18-15(23-34(26,27)28)17(32-12-13-8-10-14(29-5)11-9-13)19(33-21(18)30-6)16(24)20(25)22(2,3)4/h8-11,15-19,21,23-24H,7,12H2,1-6H3,(H,26,27,28)/t15-,16?,17-,18-,19+,21-/m0/s1. The molecule has 0 aliphatic carbocycles. The van der Waals surface area contributed by atoms with E-state index in [1.807, 2.05) is 0 Å². The van der Waals surface area contributed by atoms with Crippen LogP contribution in [0.4, 0.5) is 0 Å². The molecule has 0 radical (unpaired) electrons. The molecule has 1 aliphatic heterocycles. The maximum absolute atomic E-state index is 12.9. The van der Waals surface area contributed by atoms with Gasteiger partial charge in [-0.3, -0.25) is 9.35 Å². The molecule has 1 fully saturated rings. The summed E-state index contributed by atoms with van der Waals surface area (Å²) in [6, 6.07) is 5.70. The van der Waals surface area contributed by atoms with Gasteiger partial charge in [0.25, 0.3) is 0 Å². The molecule has 0 amide bonds. The average Bonchev–Trinajstić information content (AvgIpc) is 2.77. The quantitative estimate of drug-likeness (QED) is 0.373. The van der Waals surface area contributed by atoms with Crippen LogP contribution in [0.2, 0.25) is 0 Å². The van der Waals surface area contributed by atoms with Gasteiger partial charge in [0.2, 0.25) is 0 Å². The van der Waals surface area contributed by atoms with Crippen LogP contribution in [-0.4, -0.2) is 81.4 Å². The third kappa shape index (κ3) is 7.43. The summed E-state index contributed by atoms with van der Waals surface area (Å²) in [6.07, 6.45) is -6.44. The summed E-state index contributed by atoms with van der Waals surface area (Å²) < 4.78 is 63.3. The number of methoxy groups -OCH3 is 2. The van der Waals surface area contributed by atoms with Crippen molar-refractivity contribution in [2.75, 3.05) is 20.8 Å². The van der Waals surface area contributed by atoms with Crippen molar-refractivity contribution in [1.82, 2.24) is 4.72 Å². The Kier molecular flexibility index (Phi) is 9.98. The second kappa shape index (κ2) is 11.9. The van der Waals surface area contributed by atoms with Crippen LogP contribution in [0.3, 0.4) is 0 Å². The highest BCUT2D eigenvalue weighted by Gasteiger charge is 2.53. The summed E-state index contributed by atoms with van der Waals surface area (Å²) in [7, 11) is -1.88. The van der Waals surface area contributed by atoms with Crippen LogP contribution in [0.15, 0.2) is 24.3 Å². The Morgan fingerprint density at radius 3 is 2.24 bits per heavy atom. The van der Waals surface area contributed by atoms with E-state index in [0.717, 1.165) is 0 Å². The number of ether oxygens (including phenoxy) is 5. The zero-order valence-electron chi connectivity index (χ0n) is 20.3. The Labute approximate surface area is 200 Å². The fraction of sp³-hybridized carbons (Fsp3) is 0.682. The minimum atomic E-state index is -4.73.